The molecule has 7 nitrogen and oxygen atoms in total. The van der Waals surface area contributed by atoms with Gasteiger partial charge in [0.1, 0.15) is 5.82 Å². The van der Waals surface area contributed by atoms with Crippen molar-refractivity contribution < 1.29 is 17.9 Å². The summed E-state index contributed by atoms with van der Waals surface area (Å²) in [6.45, 7) is 3.77. The van der Waals surface area contributed by atoms with Crippen molar-refractivity contribution >= 4 is 11.5 Å². The summed E-state index contributed by atoms with van der Waals surface area (Å²) in [4.78, 5) is 6.30. The van der Waals surface area contributed by atoms with Crippen molar-refractivity contribution in [3.63, 3.8) is 0 Å². The van der Waals surface area contributed by atoms with Gasteiger partial charge in [-0.2, -0.15) is 17.7 Å². The van der Waals surface area contributed by atoms with Gasteiger partial charge in [-0.15, -0.1) is 15.3 Å². The van der Waals surface area contributed by atoms with Gasteiger partial charge in [0.25, 0.3) is 5.82 Å². The van der Waals surface area contributed by atoms with E-state index in [0.29, 0.717) is 24.8 Å². The highest BCUT2D eigenvalue weighted by molar-refractivity contribution is 5.46. The Kier molecular flexibility index (Phi) is 4.78. The average molecular weight is 392 g/mol. The number of alkyl halides is 3. The van der Waals surface area contributed by atoms with E-state index in [0.717, 1.165) is 29.6 Å². The number of halogens is 3. The standard InChI is InChI=1S/C18H19F3N6O/c1-12-4-2-6-16(22-12)28-11-13-5-3-9-26(10-13)15-8-7-14-23-24-17(18(19,20)21)27(14)25-15/h2,4,6-8,13H,3,5,9-11H2,1H3. The molecule has 3 aromatic rings. The predicted octanol–water partition coefficient (Wildman–Crippen LogP) is 3.14. The van der Waals surface area contributed by atoms with Crippen molar-refractivity contribution in [3.05, 3.63) is 41.9 Å². The fourth-order valence-corrected chi connectivity index (χ4v) is 3.34. The quantitative estimate of drug-likeness (QED) is 0.680. The maximum Gasteiger partial charge on any atom is 0.453 e. The first-order chi connectivity index (χ1) is 13.4. The summed E-state index contributed by atoms with van der Waals surface area (Å²) in [5.41, 5.74) is 0.952. The van der Waals surface area contributed by atoms with Crippen LogP contribution in [-0.4, -0.2) is 44.5 Å². The Hall–Kier alpha value is -2.91. The van der Waals surface area contributed by atoms with E-state index < -0.39 is 12.0 Å². The first kappa shape index (κ1) is 18.5. The minimum Gasteiger partial charge on any atom is -0.477 e. The van der Waals surface area contributed by atoms with Gasteiger partial charge in [0, 0.05) is 30.8 Å². The highest BCUT2D eigenvalue weighted by Crippen LogP contribution is 2.28. The summed E-state index contributed by atoms with van der Waals surface area (Å²) in [6, 6.07) is 8.78. The molecule has 0 amide bonds. The SMILES string of the molecule is Cc1cccc(OCC2CCCN(c3ccc4nnc(C(F)(F)F)n4n3)C2)n1. The van der Waals surface area contributed by atoms with Crippen molar-refractivity contribution in [3.8, 4) is 5.88 Å². The Labute approximate surface area is 159 Å². The second-order valence-electron chi connectivity index (χ2n) is 6.87. The molecule has 0 aromatic carbocycles. The van der Waals surface area contributed by atoms with Gasteiger partial charge in [-0.3, -0.25) is 0 Å². The number of hydrogen-bond donors (Lipinski definition) is 0. The monoisotopic (exact) mass is 392 g/mol. The molecule has 0 saturated carbocycles. The number of hydrogen-bond acceptors (Lipinski definition) is 6. The van der Waals surface area contributed by atoms with Gasteiger partial charge in [0.05, 0.1) is 6.61 Å². The summed E-state index contributed by atoms with van der Waals surface area (Å²) >= 11 is 0. The minimum absolute atomic E-state index is 0.0680. The number of rotatable bonds is 4. The number of fused-ring (bicyclic) bond motifs is 1. The van der Waals surface area contributed by atoms with Crippen molar-refractivity contribution in [2.24, 2.45) is 5.92 Å². The zero-order valence-electron chi connectivity index (χ0n) is 15.2. The van der Waals surface area contributed by atoms with Crippen LogP contribution in [0.2, 0.25) is 0 Å². The van der Waals surface area contributed by atoms with Crippen LogP contribution in [0.5, 0.6) is 5.88 Å². The van der Waals surface area contributed by atoms with Gasteiger partial charge in [0.15, 0.2) is 5.65 Å². The van der Waals surface area contributed by atoms with E-state index in [4.69, 9.17) is 4.74 Å². The molecule has 1 fully saturated rings. The molecule has 3 aromatic heterocycles. The third kappa shape index (κ3) is 3.85. The Morgan fingerprint density at radius 2 is 2.04 bits per heavy atom. The predicted molar refractivity (Wildman–Crippen MR) is 95.2 cm³/mol. The number of piperidine rings is 1. The van der Waals surface area contributed by atoms with E-state index in [1.165, 1.54) is 6.07 Å². The molecule has 1 atom stereocenters. The summed E-state index contributed by atoms with van der Waals surface area (Å²) in [5.74, 6) is 0.162. The molecule has 0 spiro atoms. The molecule has 0 N–H and O–H groups in total. The third-order valence-electron chi connectivity index (χ3n) is 4.67. The van der Waals surface area contributed by atoms with E-state index in [9.17, 15) is 13.2 Å². The summed E-state index contributed by atoms with van der Waals surface area (Å²) in [5, 5.41) is 10.9. The number of pyridine rings is 1. The van der Waals surface area contributed by atoms with Gasteiger partial charge in [0.2, 0.25) is 5.88 Å². The first-order valence-corrected chi connectivity index (χ1v) is 9.01. The van der Waals surface area contributed by atoms with E-state index in [1.54, 1.807) is 6.07 Å². The largest absolute Gasteiger partial charge is 0.477 e. The zero-order chi connectivity index (χ0) is 19.7. The molecular formula is C18H19F3N6O. The number of nitrogens with zero attached hydrogens (tertiary/aromatic N) is 6. The molecule has 1 unspecified atom stereocenters. The number of ether oxygens (including phenoxy) is 1. The second kappa shape index (κ2) is 7.25. The molecule has 1 saturated heterocycles. The number of aryl methyl sites for hydroxylation is 1. The molecule has 148 valence electrons. The molecule has 0 bridgehead atoms. The highest BCUT2D eigenvalue weighted by atomic mass is 19.4. The molecule has 0 radical (unpaired) electrons. The molecule has 28 heavy (non-hydrogen) atoms. The summed E-state index contributed by atoms with van der Waals surface area (Å²) in [6.07, 6.45) is -2.72. The Balaban J connectivity index is 1.48. The second-order valence-corrected chi connectivity index (χ2v) is 6.87. The minimum atomic E-state index is -4.61. The van der Waals surface area contributed by atoms with Crippen LogP contribution >= 0.6 is 0 Å². The van der Waals surface area contributed by atoms with Crippen LogP contribution in [0.15, 0.2) is 30.3 Å². The van der Waals surface area contributed by atoms with E-state index in [1.807, 2.05) is 30.0 Å². The van der Waals surface area contributed by atoms with Crippen molar-refractivity contribution in [2.45, 2.75) is 25.9 Å². The van der Waals surface area contributed by atoms with Gasteiger partial charge in [-0.05, 0) is 38.0 Å². The topological polar surface area (TPSA) is 68.4 Å². The molecule has 1 aliphatic heterocycles. The zero-order valence-corrected chi connectivity index (χ0v) is 15.2. The van der Waals surface area contributed by atoms with Crippen LogP contribution < -0.4 is 9.64 Å². The van der Waals surface area contributed by atoms with Gasteiger partial charge in [-0.25, -0.2) is 4.98 Å². The van der Waals surface area contributed by atoms with Crippen LogP contribution in [0.4, 0.5) is 19.0 Å². The van der Waals surface area contributed by atoms with Crippen LogP contribution in [0.1, 0.15) is 24.4 Å². The van der Waals surface area contributed by atoms with Crippen LogP contribution in [0.3, 0.4) is 0 Å². The molecule has 4 heterocycles. The molecular weight excluding hydrogens is 373 g/mol. The smallest absolute Gasteiger partial charge is 0.453 e. The highest BCUT2D eigenvalue weighted by Gasteiger charge is 2.38. The summed E-state index contributed by atoms with van der Waals surface area (Å²) < 4.78 is 45.8. The Morgan fingerprint density at radius 3 is 2.82 bits per heavy atom. The normalized spacial score (nSPS) is 17.9. The van der Waals surface area contributed by atoms with E-state index in [-0.39, 0.29) is 11.6 Å². The lowest BCUT2D eigenvalue weighted by molar-refractivity contribution is -0.146. The van der Waals surface area contributed by atoms with Crippen LogP contribution in [0, 0.1) is 12.8 Å². The molecule has 10 heteroatoms. The maximum absolute atomic E-state index is 13.1. The third-order valence-corrected chi connectivity index (χ3v) is 4.67. The first-order valence-electron chi connectivity index (χ1n) is 9.01. The van der Waals surface area contributed by atoms with Gasteiger partial charge < -0.3 is 9.64 Å². The molecule has 0 aliphatic carbocycles. The number of aromatic nitrogens is 5. The fourth-order valence-electron chi connectivity index (χ4n) is 3.34. The van der Waals surface area contributed by atoms with Crippen molar-refractivity contribution in [1.29, 1.82) is 0 Å². The lowest BCUT2D eigenvalue weighted by atomic mass is 9.99. The molecule has 4 rings (SSSR count). The maximum atomic E-state index is 13.1. The van der Waals surface area contributed by atoms with Crippen molar-refractivity contribution in [1.82, 2.24) is 24.8 Å². The lowest BCUT2D eigenvalue weighted by Gasteiger charge is -2.33. The van der Waals surface area contributed by atoms with Crippen LogP contribution in [0.25, 0.3) is 5.65 Å². The van der Waals surface area contributed by atoms with Gasteiger partial charge >= 0.3 is 6.18 Å². The van der Waals surface area contributed by atoms with E-state index in [2.05, 4.69) is 20.3 Å². The Bertz CT molecular complexity index is 973. The fraction of sp³-hybridized carbons (Fsp3) is 0.444. The lowest BCUT2D eigenvalue weighted by Crippen LogP contribution is -2.38. The van der Waals surface area contributed by atoms with Crippen molar-refractivity contribution in [2.75, 3.05) is 24.6 Å². The van der Waals surface area contributed by atoms with Gasteiger partial charge in [-0.1, -0.05) is 6.07 Å². The molecule has 1 aliphatic rings. The Morgan fingerprint density at radius 1 is 1.18 bits per heavy atom. The summed E-state index contributed by atoms with van der Waals surface area (Å²) in [7, 11) is 0. The number of anilines is 1. The average Bonchev–Trinajstić information content (AvgIpc) is 3.10. The van der Waals surface area contributed by atoms with Crippen LogP contribution in [-0.2, 0) is 6.18 Å². The van der Waals surface area contributed by atoms with E-state index >= 15 is 0 Å².